The van der Waals surface area contributed by atoms with Crippen molar-refractivity contribution in [2.75, 3.05) is 6.61 Å². The largest absolute Gasteiger partial charge is 0.461 e. The van der Waals surface area contributed by atoms with Crippen molar-refractivity contribution in [3.63, 3.8) is 0 Å². The second-order valence-corrected chi connectivity index (χ2v) is 10.9. The summed E-state index contributed by atoms with van der Waals surface area (Å²) in [7, 11) is 0. The lowest BCUT2D eigenvalue weighted by Crippen LogP contribution is -2.63. The molecule has 0 aromatic carbocycles. The Kier molecular flexibility index (Phi) is 4.71. The summed E-state index contributed by atoms with van der Waals surface area (Å²) >= 11 is 0. The van der Waals surface area contributed by atoms with Crippen LogP contribution in [0.4, 0.5) is 0 Å². The number of aliphatic hydroxyl groups excluding tert-OH is 1. The minimum Gasteiger partial charge on any atom is -0.461 e. The number of hydrogen-bond donors (Lipinski definition) is 3. The molecule has 2 saturated carbocycles. The molecule has 0 aliphatic heterocycles. The lowest BCUT2D eigenvalue weighted by Gasteiger charge is -2.51. The van der Waals surface area contributed by atoms with E-state index in [2.05, 4.69) is 13.8 Å². The summed E-state index contributed by atoms with van der Waals surface area (Å²) in [6.45, 7) is 11.0. The van der Waals surface area contributed by atoms with Crippen molar-refractivity contribution >= 4 is 11.8 Å². The zero-order valence-electron chi connectivity index (χ0n) is 18.7. The Morgan fingerprint density at radius 3 is 2.43 bits per heavy atom. The van der Waals surface area contributed by atoms with E-state index in [1.165, 1.54) is 0 Å². The monoisotopic (exact) mass is 418 g/mol. The molecule has 0 radical (unpaired) electrons. The lowest BCUT2D eigenvalue weighted by atomic mass is 9.59. The molecule has 3 N–H and O–H groups in total. The quantitative estimate of drug-likeness (QED) is 0.479. The number of fused-ring (bicyclic) bond motifs is 5. The fourth-order valence-corrected chi connectivity index (χ4v) is 6.79. The van der Waals surface area contributed by atoms with Gasteiger partial charge in [-0.05, 0) is 29.4 Å². The molecule has 6 heteroatoms. The molecule has 0 amide bonds. The van der Waals surface area contributed by atoms with Crippen LogP contribution in [0.5, 0.6) is 0 Å². The van der Waals surface area contributed by atoms with Crippen LogP contribution in [0.15, 0.2) is 23.3 Å². The van der Waals surface area contributed by atoms with Crippen molar-refractivity contribution in [3.05, 3.63) is 23.3 Å². The molecule has 0 aromatic rings. The molecule has 0 heterocycles. The van der Waals surface area contributed by atoms with E-state index < -0.39 is 34.9 Å². The summed E-state index contributed by atoms with van der Waals surface area (Å²) in [4.78, 5) is 25.4. The van der Waals surface area contributed by atoms with Gasteiger partial charge in [0.25, 0.3) is 0 Å². The molecule has 4 aliphatic rings. The topological polar surface area (TPSA) is 104 Å². The normalized spacial score (nSPS) is 46.3. The Labute approximate surface area is 178 Å². The SMILES string of the molecule is CC1=CC2C(O)(CC(CO)=CC3C4C(C(OC(=O)C(C)C)C(C)C32O)C4(C)C)C1=O. The van der Waals surface area contributed by atoms with E-state index in [1.807, 2.05) is 13.0 Å². The third-order valence-electron chi connectivity index (χ3n) is 8.51. The summed E-state index contributed by atoms with van der Waals surface area (Å²) in [5, 5.41) is 33.8. The van der Waals surface area contributed by atoms with Crippen LogP contribution in [-0.4, -0.2) is 51.0 Å². The van der Waals surface area contributed by atoms with Crippen molar-refractivity contribution < 1.29 is 29.6 Å². The molecule has 0 spiro atoms. The molecular formula is C24H34O6. The molecule has 166 valence electrons. The molecule has 30 heavy (non-hydrogen) atoms. The van der Waals surface area contributed by atoms with Gasteiger partial charge in [0.15, 0.2) is 5.78 Å². The highest BCUT2D eigenvalue weighted by Gasteiger charge is 2.77. The molecule has 8 atom stereocenters. The fourth-order valence-electron chi connectivity index (χ4n) is 6.79. The van der Waals surface area contributed by atoms with Crippen molar-refractivity contribution in [2.24, 2.45) is 40.9 Å². The molecule has 6 nitrogen and oxygen atoms in total. The van der Waals surface area contributed by atoms with Crippen LogP contribution in [-0.2, 0) is 14.3 Å². The lowest BCUT2D eigenvalue weighted by molar-refractivity contribution is -0.199. The van der Waals surface area contributed by atoms with E-state index in [9.17, 15) is 24.9 Å². The van der Waals surface area contributed by atoms with Gasteiger partial charge in [-0.25, -0.2) is 0 Å². The van der Waals surface area contributed by atoms with Gasteiger partial charge >= 0.3 is 5.97 Å². The maximum Gasteiger partial charge on any atom is 0.308 e. The minimum atomic E-state index is -1.80. The van der Waals surface area contributed by atoms with E-state index in [1.54, 1.807) is 26.8 Å². The number of ketones is 1. The predicted octanol–water partition coefficient (Wildman–Crippen LogP) is 2.02. The summed E-state index contributed by atoms with van der Waals surface area (Å²) in [5.74, 6) is -2.56. The summed E-state index contributed by atoms with van der Waals surface area (Å²) in [5.41, 5.74) is -2.45. The Bertz CT molecular complexity index is 854. The van der Waals surface area contributed by atoms with Crippen molar-refractivity contribution in [3.8, 4) is 0 Å². The highest BCUT2D eigenvalue weighted by Crippen LogP contribution is 2.73. The first-order valence-electron chi connectivity index (χ1n) is 11.0. The maximum atomic E-state index is 12.9. The summed E-state index contributed by atoms with van der Waals surface area (Å²) in [6.07, 6.45) is 3.08. The first-order chi connectivity index (χ1) is 13.8. The van der Waals surface area contributed by atoms with Gasteiger partial charge in [-0.15, -0.1) is 0 Å². The molecular weight excluding hydrogens is 384 g/mol. The predicted molar refractivity (Wildman–Crippen MR) is 110 cm³/mol. The van der Waals surface area contributed by atoms with Crippen LogP contribution in [0.25, 0.3) is 0 Å². The van der Waals surface area contributed by atoms with Crippen LogP contribution < -0.4 is 0 Å². The van der Waals surface area contributed by atoms with Gasteiger partial charge in [0.05, 0.1) is 18.1 Å². The Morgan fingerprint density at radius 1 is 1.23 bits per heavy atom. The number of carbonyl (C=O) groups excluding carboxylic acids is 2. The number of esters is 1. The van der Waals surface area contributed by atoms with Crippen molar-refractivity contribution in [1.29, 1.82) is 0 Å². The number of aliphatic hydroxyl groups is 3. The maximum absolute atomic E-state index is 12.9. The van der Waals surface area contributed by atoms with E-state index >= 15 is 0 Å². The zero-order chi connectivity index (χ0) is 22.4. The van der Waals surface area contributed by atoms with E-state index in [4.69, 9.17) is 4.74 Å². The Balaban J connectivity index is 1.87. The molecule has 0 bridgehead atoms. The van der Waals surface area contributed by atoms with Gasteiger partial charge in [0, 0.05) is 30.1 Å². The van der Waals surface area contributed by atoms with Crippen LogP contribution >= 0.6 is 0 Å². The van der Waals surface area contributed by atoms with Gasteiger partial charge in [-0.1, -0.05) is 46.8 Å². The number of Topliss-reactive ketones (excluding diaryl/α,β-unsaturated/α-hetero) is 1. The average Bonchev–Trinajstić information content (AvgIpc) is 3.19. The highest BCUT2D eigenvalue weighted by molar-refractivity contribution is 6.04. The van der Waals surface area contributed by atoms with Crippen LogP contribution in [0, 0.1) is 40.9 Å². The average molecular weight is 419 g/mol. The third-order valence-corrected chi connectivity index (χ3v) is 8.51. The standard InChI is InChI=1S/C24H34O6/c1-11(2)21(27)30-19-13(4)24(29)15(17-18(19)22(17,5)6)8-14(10-25)9-23(28)16(24)7-12(3)20(23)26/h7-8,11,13,15-19,25,28-29H,9-10H2,1-6H3. The first kappa shape index (κ1) is 21.7. The first-order valence-corrected chi connectivity index (χ1v) is 11.0. The zero-order valence-corrected chi connectivity index (χ0v) is 18.7. The summed E-state index contributed by atoms with van der Waals surface area (Å²) < 4.78 is 5.94. The van der Waals surface area contributed by atoms with Gasteiger partial charge in [-0.3, -0.25) is 9.59 Å². The molecule has 0 saturated heterocycles. The number of rotatable bonds is 3. The molecule has 0 aromatic heterocycles. The number of carbonyl (C=O) groups is 2. The van der Waals surface area contributed by atoms with E-state index in [-0.39, 0.29) is 48.1 Å². The van der Waals surface area contributed by atoms with Gasteiger partial charge in [0.1, 0.15) is 11.7 Å². The third kappa shape index (κ3) is 2.59. The smallest absolute Gasteiger partial charge is 0.308 e. The summed E-state index contributed by atoms with van der Waals surface area (Å²) in [6, 6.07) is 0. The molecule has 4 aliphatic carbocycles. The van der Waals surface area contributed by atoms with Crippen LogP contribution in [0.3, 0.4) is 0 Å². The van der Waals surface area contributed by atoms with Crippen LogP contribution in [0.1, 0.15) is 48.0 Å². The van der Waals surface area contributed by atoms with E-state index in [0.717, 1.165) is 0 Å². The van der Waals surface area contributed by atoms with Gasteiger partial charge < -0.3 is 20.1 Å². The molecule has 4 rings (SSSR count). The minimum absolute atomic E-state index is 0.000629. The van der Waals surface area contributed by atoms with E-state index in [0.29, 0.717) is 11.1 Å². The molecule has 8 unspecified atom stereocenters. The van der Waals surface area contributed by atoms with Crippen LogP contribution in [0.2, 0.25) is 0 Å². The second-order valence-electron chi connectivity index (χ2n) is 10.9. The van der Waals surface area contributed by atoms with Gasteiger partial charge in [-0.2, -0.15) is 0 Å². The van der Waals surface area contributed by atoms with Gasteiger partial charge in [0.2, 0.25) is 0 Å². The van der Waals surface area contributed by atoms with Crippen molar-refractivity contribution in [1.82, 2.24) is 0 Å². The van der Waals surface area contributed by atoms with Crippen molar-refractivity contribution in [2.45, 2.75) is 65.3 Å². The number of hydrogen-bond acceptors (Lipinski definition) is 6. The second kappa shape index (κ2) is 6.50. The Hall–Kier alpha value is -1.50. The molecule has 2 fully saturated rings. The highest BCUT2D eigenvalue weighted by atomic mass is 16.5. The number of ether oxygens (including phenoxy) is 1. The Morgan fingerprint density at radius 2 is 1.87 bits per heavy atom. The fraction of sp³-hybridized carbons (Fsp3) is 0.750.